The van der Waals surface area contributed by atoms with E-state index < -0.39 is 10.0 Å². The number of para-hydroxylation sites is 2. The van der Waals surface area contributed by atoms with Crippen LogP contribution < -0.4 is 9.46 Å². The Hall–Kier alpha value is -2.75. The Bertz CT molecular complexity index is 1070. The molecule has 29 heavy (non-hydrogen) atoms. The molecule has 1 aromatic heterocycles. The highest BCUT2D eigenvalue weighted by molar-refractivity contribution is 7.92. The Labute approximate surface area is 169 Å². The lowest BCUT2D eigenvalue weighted by atomic mass is 10.3. The van der Waals surface area contributed by atoms with Gasteiger partial charge in [0, 0.05) is 19.6 Å². The third-order valence-corrected chi connectivity index (χ3v) is 5.93. The van der Waals surface area contributed by atoms with Crippen LogP contribution in [0.25, 0.3) is 11.0 Å². The molecule has 1 aliphatic heterocycles. The fraction of sp³-hybridized carbons (Fsp3) is 0.300. The van der Waals surface area contributed by atoms with Crippen molar-refractivity contribution in [3.8, 4) is 5.88 Å². The number of ether oxygens (including phenoxy) is 2. The lowest BCUT2D eigenvalue weighted by molar-refractivity contribution is 0.0320. The number of nitrogens with one attached hydrogen (secondary N) is 1. The maximum atomic E-state index is 12.8. The van der Waals surface area contributed by atoms with E-state index >= 15 is 0 Å². The van der Waals surface area contributed by atoms with E-state index in [1.807, 2.05) is 18.2 Å². The molecule has 9 heteroatoms. The fourth-order valence-electron chi connectivity index (χ4n) is 3.03. The normalized spacial score (nSPS) is 15.3. The second-order valence-corrected chi connectivity index (χ2v) is 8.27. The van der Waals surface area contributed by atoms with Crippen molar-refractivity contribution in [2.45, 2.75) is 4.90 Å². The van der Waals surface area contributed by atoms with Gasteiger partial charge in [-0.2, -0.15) is 0 Å². The van der Waals surface area contributed by atoms with Gasteiger partial charge in [0.2, 0.25) is 5.82 Å². The molecule has 8 nitrogen and oxygen atoms in total. The van der Waals surface area contributed by atoms with Crippen LogP contribution in [0.15, 0.2) is 59.5 Å². The largest absolute Gasteiger partial charge is 0.474 e. The quantitative estimate of drug-likeness (QED) is 0.633. The minimum absolute atomic E-state index is 0.0783. The van der Waals surface area contributed by atoms with Crippen LogP contribution in [0.4, 0.5) is 5.82 Å². The molecule has 152 valence electrons. The molecule has 1 saturated heterocycles. The Morgan fingerprint density at radius 3 is 2.34 bits per heavy atom. The van der Waals surface area contributed by atoms with Gasteiger partial charge in [0.1, 0.15) is 6.61 Å². The molecule has 3 aromatic rings. The Balaban J connectivity index is 1.58. The van der Waals surface area contributed by atoms with Crippen molar-refractivity contribution in [1.29, 1.82) is 0 Å². The van der Waals surface area contributed by atoms with E-state index in [1.165, 1.54) is 12.1 Å². The predicted molar refractivity (Wildman–Crippen MR) is 110 cm³/mol. The lowest BCUT2D eigenvalue weighted by Crippen LogP contribution is -2.38. The number of aromatic nitrogens is 2. The molecule has 1 N–H and O–H groups in total. The van der Waals surface area contributed by atoms with Crippen molar-refractivity contribution in [1.82, 2.24) is 14.9 Å². The number of hydrogen-bond acceptors (Lipinski definition) is 7. The first-order valence-corrected chi connectivity index (χ1v) is 10.9. The first-order valence-electron chi connectivity index (χ1n) is 9.39. The van der Waals surface area contributed by atoms with Crippen molar-refractivity contribution in [2.24, 2.45) is 0 Å². The number of sulfonamides is 1. The third kappa shape index (κ3) is 4.81. The van der Waals surface area contributed by atoms with Crippen molar-refractivity contribution in [3.05, 3.63) is 54.6 Å². The molecule has 0 bridgehead atoms. The average Bonchev–Trinajstić information content (AvgIpc) is 2.75. The van der Waals surface area contributed by atoms with E-state index in [1.54, 1.807) is 24.3 Å². The maximum Gasteiger partial charge on any atom is 0.263 e. The van der Waals surface area contributed by atoms with Crippen molar-refractivity contribution >= 4 is 26.9 Å². The second kappa shape index (κ2) is 8.73. The predicted octanol–water partition coefficient (Wildman–Crippen LogP) is 2.14. The van der Waals surface area contributed by atoms with Crippen molar-refractivity contribution in [3.63, 3.8) is 0 Å². The van der Waals surface area contributed by atoms with E-state index in [2.05, 4.69) is 19.6 Å². The second-order valence-electron chi connectivity index (χ2n) is 6.59. The fourth-order valence-corrected chi connectivity index (χ4v) is 4.05. The van der Waals surface area contributed by atoms with Crippen molar-refractivity contribution < 1.29 is 17.9 Å². The maximum absolute atomic E-state index is 12.8. The molecule has 0 aliphatic carbocycles. The number of anilines is 1. The van der Waals surface area contributed by atoms with Gasteiger partial charge in [-0.3, -0.25) is 9.62 Å². The van der Waals surface area contributed by atoms with Gasteiger partial charge in [-0.05, 0) is 24.3 Å². The van der Waals surface area contributed by atoms with Crippen LogP contribution in [0, 0.1) is 0 Å². The average molecular weight is 414 g/mol. The van der Waals surface area contributed by atoms with Crippen molar-refractivity contribution in [2.75, 3.05) is 44.2 Å². The summed E-state index contributed by atoms with van der Waals surface area (Å²) in [6, 6.07) is 15.4. The van der Waals surface area contributed by atoms with Crippen LogP contribution >= 0.6 is 0 Å². The van der Waals surface area contributed by atoms with Gasteiger partial charge in [-0.15, -0.1) is 0 Å². The molecule has 0 radical (unpaired) electrons. The Morgan fingerprint density at radius 2 is 1.62 bits per heavy atom. The molecule has 2 aromatic carbocycles. The first-order chi connectivity index (χ1) is 14.1. The summed E-state index contributed by atoms with van der Waals surface area (Å²) in [6.07, 6.45) is 0. The van der Waals surface area contributed by atoms with E-state index in [-0.39, 0.29) is 16.6 Å². The number of fused-ring (bicyclic) bond motifs is 1. The highest BCUT2D eigenvalue weighted by atomic mass is 32.2. The smallest absolute Gasteiger partial charge is 0.263 e. The van der Waals surface area contributed by atoms with Crippen LogP contribution in [-0.2, 0) is 14.8 Å². The molecular weight excluding hydrogens is 392 g/mol. The molecule has 2 heterocycles. The van der Waals surface area contributed by atoms with E-state index in [0.717, 1.165) is 13.1 Å². The molecule has 1 fully saturated rings. The topological polar surface area (TPSA) is 93.7 Å². The number of morpholine rings is 1. The number of benzene rings is 2. The van der Waals surface area contributed by atoms with E-state index in [4.69, 9.17) is 9.47 Å². The van der Waals surface area contributed by atoms with Crippen LogP contribution in [0.3, 0.4) is 0 Å². The minimum atomic E-state index is -3.81. The Morgan fingerprint density at radius 1 is 0.966 bits per heavy atom. The van der Waals surface area contributed by atoms with Crippen LogP contribution in [0.1, 0.15) is 0 Å². The number of hydrogen-bond donors (Lipinski definition) is 1. The first kappa shape index (κ1) is 19.6. The van der Waals surface area contributed by atoms with Gasteiger partial charge in [-0.1, -0.05) is 30.3 Å². The molecule has 1 aliphatic rings. The summed E-state index contributed by atoms with van der Waals surface area (Å²) in [4.78, 5) is 11.3. The van der Waals surface area contributed by atoms with Gasteiger partial charge in [-0.25, -0.2) is 18.4 Å². The number of nitrogens with zero attached hydrogens (tertiary/aromatic N) is 3. The van der Waals surface area contributed by atoms with Gasteiger partial charge >= 0.3 is 0 Å². The number of rotatable bonds is 7. The highest BCUT2D eigenvalue weighted by Gasteiger charge is 2.20. The van der Waals surface area contributed by atoms with Gasteiger partial charge < -0.3 is 9.47 Å². The zero-order valence-electron chi connectivity index (χ0n) is 15.8. The summed E-state index contributed by atoms with van der Waals surface area (Å²) in [5, 5.41) is 0. The van der Waals surface area contributed by atoms with E-state index in [0.29, 0.717) is 37.4 Å². The SMILES string of the molecule is O=S(=O)(Nc1nc2ccccc2nc1OCCN1CCOCC1)c1ccccc1. The summed E-state index contributed by atoms with van der Waals surface area (Å²) >= 11 is 0. The molecule has 0 saturated carbocycles. The minimum Gasteiger partial charge on any atom is -0.474 e. The monoisotopic (exact) mass is 414 g/mol. The molecule has 0 atom stereocenters. The van der Waals surface area contributed by atoms with Gasteiger partial charge in [0.05, 0.1) is 29.1 Å². The zero-order valence-corrected chi connectivity index (χ0v) is 16.6. The molecule has 0 spiro atoms. The van der Waals surface area contributed by atoms with Crippen LogP contribution in [-0.4, -0.2) is 62.7 Å². The lowest BCUT2D eigenvalue weighted by Gasteiger charge is -2.26. The summed E-state index contributed by atoms with van der Waals surface area (Å²) in [6.45, 7) is 4.17. The molecule has 0 unspecified atom stereocenters. The molecule has 4 rings (SSSR count). The Kier molecular flexibility index (Phi) is 5.89. The summed E-state index contributed by atoms with van der Waals surface area (Å²) < 4.78 is 39.2. The summed E-state index contributed by atoms with van der Waals surface area (Å²) in [5.41, 5.74) is 1.22. The standard InChI is InChI=1S/C20H22N4O4S/c25-29(26,16-6-2-1-3-7-16)23-19-20(22-18-9-5-4-8-17(18)21-19)28-15-12-24-10-13-27-14-11-24/h1-9H,10-15H2,(H,21,23). The molecular formula is C20H22N4O4S. The highest BCUT2D eigenvalue weighted by Crippen LogP contribution is 2.26. The van der Waals surface area contributed by atoms with E-state index in [9.17, 15) is 8.42 Å². The van der Waals surface area contributed by atoms with Gasteiger partial charge in [0.15, 0.2) is 0 Å². The van der Waals surface area contributed by atoms with Crippen LogP contribution in [0.2, 0.25) is 0 Å². The summed E-state index contributed by atoms with van der Waals surface area (Å²) in [7, 11) is -3.81. The third-order valence-electron chi connectivity index (χ3n) is 4.57. The molecule has 0 amide bonds. The van der Waals surface area contributed by atoms with Gasteiger partial charge in [0.25, 0.3) is 15.9 Å². The van der Waals surface area contributed by atoms with Crippen LogP contribution in [0.5, 0.6) is 5.88 Å². The summed E-state index contributed by atoms with van der Waals surface area (Å²) in [5.74, 6) is 0.242. The zero-order chi connectivity index (χ0) is 20.1.